The molecule has 0 rings (SSSR count). The Kier molecular flexibility index (Phi) is 45.0. The number of carboxylic acids is 1. The molecule has 0 radical (unpaired) electrons. The number of carbonyl (C=O) groups is 2. The number of esters is 1. The normalized spacial score (nSPS) is 14.5. The Bertz CT molecular complexity index is 1320. The van der Waals surface area contributed by atoms with Crippen LogP contribution < -0.4 is 5.73 Å². The maximum atomic E-state index is 12.7. The van der Waals surface area contributed by atoms with E-state index < -0.39 is 45.1 Å². The molecule has 0 aliphatic rings. The van der Waals surface area contributed by atoms with Gasteiger partial charge in [0.05, 0.1) is 19.8 Å². The van der Waals surface area contributed by atoms with Crippen molar-refractivity contribution in [3.05, 3.63) is 85.1 Å². The van der Waals surface area contributed by atoms with Gasteiger partial charge in [0.1, 0.15) is 12.1 Å². The second-order valence-electron chi connectivity index (χ2n) is 16.2. The molecular weight excluding hydrogens is 814 g/mol. The van der Waals surface area contributed by atoms with E-state index in [2.05, 4.69) is 98.9 Å². The minimum Gasteiger partial charge on any atom is -0.480 e. The molecule has 10 nitrogen and oxygen atoms in total. The van der Waals surface area contributed by atoms with Crippen molar-refractivity contribution in [2.45, 2.75) is 206 Å². The fourth-order valence-corrected chi connectivity index (χ4v) is 7.14. The fourth-order valence-electron chi connectivity index (χ4n) is 6.37. The van der Waals surface area contributed by atoms with E-state index in [9.17, 15) is 19.0 Å². The summed E-state index contributed by atoms with van der Waals surface area (Å²) in [6.07, 6.45) is 60.6. The lowest BCUT2D eigenvalue weighted by molar-refractivity contribution is -0.154. The van der Waals surface area contributed by atoms with Crippen molar-refractivity contribution >= 4 is 19.8 Å². The lowest BCUT2D eigenvalue weighted by atomic mass is 10.1. The van der Waals surface area contributed by atoms with Crippen LogP contribution in [0.1, 0.15) is 194 Å². The van der Waals surface area contributed by atoms with Crippen LogP contribution in [0, 0.1) is 0 Å². The van der Waals surface area contributed by atoms with Gasteiger partial charge in [0.25, 0.3) is 0 Å². The second-order valence-corrected chi connectivity index (χ2v) is 17.7. The highest BCUT2D eigenvalue weighted by atomic mass is 31.2. The van der Waals surface area contributed by atoms with Gasteiger partial charge in [-0.2, -0.15) is 0 Å². The molecule has 63 heavy (non-hydrogen) atoms. The van der Waals surface area contributed by atoms with Crippen molar-refractivity contribution in [3.8, 4) is 0 Å². The summed E-state index contributed by atoms with van der Waals surface area (Å²) in [5, 5.41) is 8.92. The molecule has 0 aromatic rings. The SMILES string of the molecule is CC/C=C\C/C=C\C/C=C\C/C=C\C/C=C\C/C=C\CCCCCCCOCC(COP(=O)(O)OCC(N)C(=O)O)OC(=O)CCCCCCCCC/C=C\CCCCCCCC. The predicted molar refractivity (Wildman–Crippen MR) is 263 cm³/mol. The zero-order valence-corrected chi connectivity index (χ0v) is 40.5. The Labute approximate surface area is 384 Å². The van der Waals surface area contributed by atoms with Gasteiger partial charge in [-0.25, -0.2) is 4.57 Å². The van der Waals surface area contributed by atoms with Crippen LogP contribution in [0.25, 0.3) is 0 Å². The van der Waals surface area contributed by atoms with Gasteiger partial charge in [0.15, 0.2) is 0 Å². The van der Waals surface area contributed by atoms with Crippen LogP contribution in [-0.2, 0) is 32.7 Å². The summed E-state index contributed by atoms with van der Waals surface area (Å²) in [7, 11) is -4.63. The Morgan fingerprint density at radius 3 is 1.40 bits per heavy atom. The smallest absolute Gasteiger partial charge is 0.472 e. The van der Waals surface area contributed by atoms with E-state index in [-0.39, 0.29) is 13.0 Å². The number of carboxylic acid groups (broad SMARTS) is 1. The number of rotatable bonds is 46. The Balaban J connectivity index is 4.24. The van der Waals surface area contributed by atoms with Crippen LogP contribution in [0.15, 0.2) is 85.1 Å². The van der Waals surface area contributed by atoms with E-state index in [1.54, 1.807) is 0 Å². The second kappa shape index (κ2) is 47.1. The standard InChI is InChI=1S/C52H90NO9P/c1-3-5-7-9-11-13-15-17-19-21-22-23-24-25-26-27-29-31-33-35-37-39-41-43-45-59-46-49(47-60-63(57,58)61-48-50(53)52(55)56)62-51(54)44-42-40-38-36-34-32-30-28-20-18-16-14-12-10-8-6-4-2/h5,7,11,13,17-20,22-23,25-26,29,31,49-50H,3-4,6,8-10,12,14-16,21,24,27-28,30,32-48,53H2,1-2H3,(H,55,56)(H,57,58)/b7-5-,13-11-,19-17-,20-18-,23-22-,26-25-,31-29-. The highest BCUT2D eigenvalue weighted by Crippen LogP contribution is 2.43. The summed E-state index contributed by atoms with van der Waals surface area (Å²) in [6, 6.07) is -1.48. The van der Waals surface area contributed by atoms with Gasteiger partial charge >= 0.3 is 19.8 Å². The monoisotopic (exact) mass is 904 g/mol. The molecule has 0 bridgehead atoms. The summed E-state index contributed by atoms with van der Waals surface area (Å²) in [5.74, 6) is -1.80. The number of hydrogen-bond acceptors (Lipinski definition) is 8. The molecule has 11 heteroatoms. The molecule has 3 unspecified atom stereocenters. The molecular formula is C52H90NO9P. The first-order chi connectivity index (χ1) is 30.7. The van der Waals surface area contributed by atoms with Gasteiger partial charge in [0, 0.05) is 13.0 Å². The molecule has 0 heterocycles. The number of carbonyl (C=O) groups excluding carboxylic acids is 1. The van der Waals surface area contributed by atoms with Crippen LogP contribution in [0.4, 0.5) is 0 Å². The number of allylic oxidation sites excluding steroid dienone is 14. The topological polar surface area (TPSA) is 155 Å². The van der Waals surface area contributed by atoms with Gasteiger partial charge in [-0.3, -0.25) is 18.6 Å². The van der Waals surface area contributed by atoms with E-state index in [1.807, 2.05) is 0 Å². The Morgan fingerprint density at radius 2 is 0.921 bits per heavy atom. The minimum atomic E-state index is -4.63. The first-order valence-corrected chi connectivity index (χ1v) is 26.1. The molecule has 0 saturated carbocycles. The molecule has 0 fully saturated rings. The lowest BCUT2D eigenvalue weighted by Gasteiger charge is -2.20. The first kappa shape index (κ1) is 60.2. The van der Waals surface area contributed by atoms with Crippen molar-refractivity contribution in [1.29, 1.82) is 0 Å². The number of ether oxygens (including phenoxy) is 2. The molecule has 362 valence electrons. The largest absolute Gasteiger partial charge is 0.480 e. The molecule has 0 amide bonds. The van der Waals surface area contributed by atoms with Gasteiger partial charge in [-0.05, 0) is 89.9 Å². The van der Waals surface area contributed by atoms with Crippen LogP contribution >= 0.6 is 7.82 Å². The lowest BCUT2D eigenvalue weighted by Crippen LogP contribution is -2.34. The van der Waals surface area contributed by atoms with Crippen LogP contribution in [0.3, 0.4) is 0 Å². The summed E-state index contributed by atoms with van der Waals surface area (Å²) in [5.41, 5.74) is 5.37. The average molecular weight is 904 g/mol. The summed E-state index contributed by atoms with van der Waals surface area (Å²) in [6.45, 7) is 3.71. The number of nitrogens with two attached hydrogens (primary N) is 1. The molecule has 0 aromatic carbocycles. The third-order valence-corrected chi connectivity index (χ3v) is 11.1. The van der Waals surface area contributed by atoms with Gasteiger partial charge in [-0.1, -0.05) is 182 Å². The molecule has 4 N–H and O–H groups in total. The van der Waals surface area contributed by atoms with E-state index in [0.717, 1.165) is 103 Å². The maximum Gasteiger partial charge on any atom is 0.472 e. The number of hydrogen-bond donors (Lipinski definition) is 3. The minimum absolute atomic E-state index is 0.00268. The quantitative estimate of drug-likeness (QED) is 0.0233. The molecule has 0 spiro atoms. The van der Waals surface area contributed by atoms with Crippen LogP contribution in [0.2, 0.25) is 0 Å². The fraction of sp³-hybridized carbons (Fsp3) is 0.692. The molecule has 3 atom stereocenters. The van der Waals surface area contributed by atoms with E-state index in [0.29, 0.717) is 13.0 Å². The van der Waals surface area contributed by atoms with Gasteiger partial charge in [0.2, 0.25) is 0 Å². The zero-order valence-electron chi connectivity index (χ0n) is 39.6. The van der Waals surface area contributed by atoms with E-state index in [1.165, 1.54) is 64.2 Å². The van der Waals surface area contributed by atoms with Crippen molar-refractivity contribution < 1.29 is 42.7 Å². The Hall–Kier alpha value is -2.85. The summed E-state index contributed by atoms with van der Waals surface area (Å²) >= 11 is 0. The zero-order chi connectivity index (χ0) is 46.2. The Morgan fingerprint density at radius 1 is 0.524 bits per heavy atom. The summed E-state index contributed by atoms with van der Waals surface area (Å²) in [4.78, 5) is 33.7. The van der Waals surface area contributed by atoms with Crippen LogP contribution in [-0.4, -0.2) is 60.5 Å². The highest BCUT2D eigenvalue weighted by molar-refractivity contribution is 7.47. The van der Waals surface area contributed by atoms with Crippen molar-refractivity contribution in [3.63, 3.8) is 0 Å². The first-order valence-electron chi connectivity index (χ1n) is 24.6. The third-order valence-electron chi connectivity index (χ3n) is 10.2. The average Bonchev–Trinajstić information content (AvgIpc) is 3.26. The van der Waals surface area contributed by atoms with Crippen molar-refractivity contribution in [1.82, 2.24) is 0 Å². The van der Waals surface area contributed by atoms with Gasteiger partial charge < -0.3 is 25.2 Å². The third kappa shape index (κ3) is 46.9. The number of aliphatic carboxylic acids is 1. The number of unbranched alkanes of at least 4 members (excludes halogenated alkanes) is 18. The number of phosphoric acid groups is 1. The van der Waals surface area contributed by atoms with E-state index in [4.69, 9.17) is 29.4 Å². The number of phosphoric ester groups is 1. The maximum absolute atomic E-state index is 12.7. The molecule has 0 aliphatic carbocycles. The highest BCUT2D eigenvalue weighted by Gasteiger charge is 2.27. The van der Waals surface area contributed by atoms with Gasteiger partial charge in [-0.15, -0.1) is 0 Å². The predicted octanol–water partition coefficient (Wildman–Crippen LogP) is 14.3. The van der Waals surface area contributed by atoms with Crippen molar-refractivity contribution in [2.24, 2.45) is 5.73 Å². The van der Waals surface area contributed by atoms with Crippen molar-refractivity contribution in [2.75, 3.05) is 26.4 Å². The molecule has 0 aromatic heterocycles. The van der Waals surface area contributed by atoms with E-state index >= 15 is 0 Å². The molecule has 0 aliphatic heterocycles. The molecule has 0 saturated heterocycles. The van der Waals surface area contributed by atoms with Crippen LogP contribution in [0.5, 0.6) is 0 Å². The summed E-state index contributed by atoms with van der Waals surface area (Å²) < 4.78 is 33.4.